The van der Waals surface area contributed by atoms with E-state index in [4.69, 9.17) is 34.8 Å². The van der Waals surface area contributed by atoms with Crippen LogP contribution in [0.5, 0.6) is 0 Å². The van der Waals surface area contributed by atoms with Crippen LogP contribution in [0, 0.1) is 19.8 Å². The van der Waals surface area contributed by atoms with Gasteiger partial charge in [-0.3, -0.25) is 13.9 Å². The normalized spacial score (nSPS) is 12.1. The predicted octanol–water partition coefficient (Wildman–Crippen LogP) is 7.87. The fourth-order valence-electron chi connectivity index (χ4n) is 4.95. The van der Waals surface area contributed by atoms with Crippen molar-refractivity contribution in [1.29, 1.82) is 0 Å². The summed E-state index contributed by atoms with van der Waals surface area (Å²) in [5.41, 5.74) is 3.60. The van der Waals surface area contributed by atoms with Crippen LogP contribution in [-0.2, 0) is 32.6 Å². The van der Waals surface area contributed by atoms with Crippen LogP contribution < -0.4 is 9.62 Å². The molecule has 248 valence electrons. The molecule has 4 aromatic carbocycles. The topological polar surface area (TPSA) is 86.8 Å². The number of hydrogen-bond acceptors (Lipinski definition) is 4. The van der Waals surface area contributed by atoms with Gasteiger partial charge in [0.25, 0.3) is 10.0 Å². The highest BCUT2D eigenvalue weighted by Gasteiger charge is 2.35. The lowest BCUT2D eigenvalue weighted by molar-refractivity contribution is -0.140. The summed E-state index contributed by atoms with van der Waals surface area (Å²) in [5, 5.41) is 4.00. The van der Waals surface area contributed by atoms with E-state index in [-0.39, 0.29) is 29.7 Å². The van der Waals surface area contributed by atoms with Crippen molar-refractivity contribution >= 4 is 62.3 Å². The van der Waals surface area contributed by atoms with E-state index in [2.05, 4.69) is 5.32 Å². The zero-order valence-electron chi connectivity index (χ0n) is 26.7. The highest BCUT2D eigenvalue weighted by atomic mass is 35.5. The second-order valence-corrected chi connectivity index (χ2v) is 15.0. The summed E-state index contributed by atoms with van der Waals surface area (Å²) in [4.78, 5) is 29.9. The van der Waals surface area contributed by atoms with Gasteiger partial charge in [0.15, 0.2) is 0 Å². The van der Waals surface area contributed by atoms with E-state index in [0.29, 0.717) is 32.9 Å². The van der Waals surface area contributed by atoms with Crippen LogP contribution >= 0.6 is 34.8 Å². The van der Waals surface area contributed by atoms with E-state index in [1.54, 1.807) is 30.3 Å². The van der Waals surface area contributed by atoms with Crippen LogP contribution in [0.25, 0.3) is 0 Å². The molecule has 0 bridgehead atoms. The van der Waals surface area contributed by atoms with Crippen molar-refractivity contribution in [2.45, 2.75) is 51.6 Å². The molecule has 2 amide bonds. The Balaban J connectivity index is 1.83. The Morgan fingerprint density at radius 2 is 1.47 bits per heavy atom. The average Bonchev–Trinajstić information content (AvgIpc) is 3.04. The zero-order chi connectivity index (χ0) is 34.3. The largest absolute Gasteiger partial charge is 0.354 e. The van der Waals surface area contributed by atoms with E-state index < -0.39 is 28.5 Å². The van der Waals surface area contributed by atoms with Gasteiger partial charge in [0.1, 0.15) is 12.6 Å². The van der Waals surface area contributed by atoms with Gasteiger partial charge >= 0.3 is 0 Å². The Morgan fingerprint density at radius 1 is 0.787 bits per heavy atom. The van der Waals surface area contributed by atoms with Crippen molar-refractivity contribution in [2.24, 2.45) is 5.92 Å². The molecule has 0 aliphatic carbocycles. The Bertz CT molecular complexity index is 1820. The molecule has 4 rings (SSSR count). The molecular weight excluding hydrogens is 677 g/mol. The van der Waals surface area contributed by atoms with Crippen molar-refractivity contribution in [3.63, 3.8) is 0 Å². The number of halogens is 3. The lowest BCUT2D eigenvalue weighted by Crippen LogP contribution is -2.53. The molecule has 4 aromatic rings. The quantitative estimate of drug-likeness (QED) is 0.153. The van der Waals surface area contributed by atoms with Crippen LogP contribution in [0.1, 0.15) is 36.1 Å². The third-order valence-electron chi connectivity index (χ3n) is 7.75. The maximum Gasteiger partial charge on any atom is 0.264 e. The number of hydrogen-bond donors (Lipinski definition) is 1. The van der Waals surface area contributed by atoms with Gasteiger partial charge in [0, 0.05) is 24.5 Å². The number of amides is 2. The lowest BCUT2D eigenvalue weighted by Gasteiger charge is -2.34. The molecule has 0 saturated heterocycles. The molecule has 0 unspecified atom stereocenters. The summed E-state index contributed by atoms with van der Waals surface area (Å²) < 4.78 is 29.5. The second-order valence-electron chi connectivity index (χ2n) is 11.8. The Hall–Kier alpha value is -3.56. The van der Waals surface area contributed by atoms with Crippen LogP contribution in [-0.4, -0.2) is 44.3 Å². The number of sulfonamides is 1. The number of rotatable bonds is 13. The fourth-order valence-corrected chi connectivity index (χ4v) is 6.81. The maximum absolute atomic E-state index is 14.6. The van der Waals surface area contributed by atoms with E-state index in [9.17, 15) is 18.0 Å². The second kappa shape index (κ2) is 16.0. The van der Waals surface area contributed by atoms with Crippen LogP contribution in [0.3, 0.4) is 0 Å². The standard InChI is InChI=1S/C36H38Cl3N3O4S/c1-24(2)21-40-36(44)34(20-27-8-6-5-7-9-27)41(22-28-11-17-32(38)33(39)19-28)35(43)23-42(30-14-10-25(3)26(4)18-30)47(45,46)31-15-12-29(37)13-16-31/h5-19,24,34H,20-23H2,1-4H3,(H,40,44)/t34-/m1/s1. The summed E-state index contributed by atoms with van der Waals surface area (Å²) in [5.74, 6) is -0.762. The highest BCUT2D eigenvalue weighted by Crippen LogP contribution is 2.28. The summed E-state index contributed by atoms with van der Waals surface area (Å²) in [6.07, 6.45) is 0.200. The summed E-state index contributed by atoms with van der Waals surface area (Å²) in [6, 6.07) is 24.4. The third kappa shape index (κ3) is 9.51. The Morgan fingerprint density at radius 3 is 2.09 bits per heavy atom. The Labute approximate surface area is 292 Å². The first-order valence-electron chi connectivity index (χ1n) is 15.2. The van der Waals surface area contributed by atoms with Crippen molar-refractivity contribution < 1.29 is 18.0 Å². The predicted molar refractivity (Wildman–Crippen MR) is 191 cm³/mol. The SMILES string of the molecule is Cc1ccc(N(CC(=O)N(Cc2ccc(Cl)c(Cl)c2)[C@H](Cc2ccccc2)C(=O)NCC(C)C)S(=O)(=O)c2ccc(Cl)cc2)cc1C. The minimum absolute atomic E-state index is 0.0237. The molecule has 0 heterocycles. The van der Waals surface area contributed by atoms with Crippen molar-refractivity contribution in [3.8, 4) is 0 Å². The third-order valence-corrected chi connectivity index (χ3v) is 10.5. The summed E-state index contributed by atoms with van der Waals surface area (Å²) >= 11 is 18.6. The molecule has 0 aliphatic heterocycles. The first-order chi connectivity index (χ1) is 22.3. The van der Waals surface area contributed by atoms with Gasteiger partial charge in [-0.15, -0.1) is 0 Å². The van der Waals surface area contributed by atoms with Gasteiger partial charge in [0.2, 0.25) is 11.8 Å². The molecule has 0 radical (unpaired) electrons. The molecule has 1 N–H and O–H groups in total. The first kappa shape index (κ1) is 36.3. The molecule has 0 fully saturated rings. The summed E-state index contributed by atoms with van der Waals surface area (Å²) in [6.45, 7) is 7.56. The van der Waals surface area contributed by atoms with Gasteiger partial charge in [-0.25, -0.2) is 8.42 Å². The van der Waals surface area contributed by atoms with Gasteiger partial charge in [0.05, 0.1) is 20.6 Å². The molecule has 1 atom stereocenters. The number of nitrogens with zero attached hydrogens (tertiary/aromatic N) is 2. The van der Waals surface area contributed by atoms with Crippen molar-refractivity contribution in [3.05, 3.63) is 128 Å². The number of benzene rings is 4. The number of carbonyl (C=O) groups excluding carboxylic acids is 2. The maximum atomic E-state index is 14.6. The number of anilines is 1. The van der Waals surface area contributed by atoms with E-state index in [1.165, 1.54) is 29.2 Å². The van der Waals surface area contributed by atoms with E-state index >= 15 is 0 Å². The van der Waals surface area contributed by atoms with Crippen molar-refractivity contribution in [1.82, 2.24) is 10.2 Å². The molecule has 7 nitrogen and oxygen atoms in total. The molecule has 47 heavy (non-hydrogen) atoms. The van der Waals surface area contributed by atoms with Gasteiger partial charge < -0.3 is 10.2 Å². The molecule has 11 heteroatoms. The molecule has 0 saturated carbocycles. The minimum Gasteiger partial charge on any atom is -0.354 e. The average molecular weight is 715 g/mol. The summed E-state index contributed by atoms with van der Waals surface area (Å²) in [7, 11) is -4.25. The molecule has 0 aromatic heterocycles. The van der Waals surface area contributed by atoms with Crippen LogP contribution in [0.4, 0.5) is 5.69 Å². The van der Waals surface area contributed by atoms with Crippen LogP contribution in [0.2, 0.25) is 15.1 Å². The monoisotopic (exact) mass is 713 g/mol. The van der Waals surface area contributed by atoms with E-state index in [1.807, 2.05) is 64.1 Å². The smallest absolute Gasteiger partial charge is 0.264 e. The van der Waals surface area contributed by atoms with E-state index in [0.717, 1.165) is 21.0 Å². The highest BCUT2D eigenvalue weighted by molar-refractivity contribution is 7.92. The molecular formula is C36H38Cl3N3O4S. The lowest BCUT2D eigenvalue weighted by atomic mass is 10.0. The van der Waals surface area contributed by atoms with Crippen molar-refractivity contribution in [2.75, 3.05) is 17.4 Å². The molecule has 0 aliphatic rings. The molecule has 0 spiro atoms. The minimum atomic E-state index is -4.25. The van der Waals surface area contributed by atoms with Gasteiger partial charge in [-0.1, -0.05) is 91.1 Å². The zero-order valence-corrected chi connectivity index (χ0v) is 29.8. The number of nitrogens with one attached hydrogen (secondary N) is 1. The number of carbonyl (C=O) groups is 2. The Kier molecular flexibility index (Phi) is 12.4. The van der Waals surface area contributed by atoms with Gasteiger partial charge in [-0.05, 0) is 90.6 Å². The van der Waals surface area contributed by atoms with Crippen LogP contribution in [0.15, 0.2) is 95.9 Å². The first-order valence-corrected chi connectivity index (χ1v) is 17.7. The number of aryl methyl sites for hydroxylation is 2. The van der Waals surface area contributed by atoms with Gasteiger partial charge in [-0.2, -0.15) is 0 Å². The fraction of sp³-hybridized carbons (Fsp3) is 0.278.